The predicted octanol–water partition coefficient (Wildman–Crippen LogP) is 3.00. The van der Waals surface area contributed by atoms with E-state index in [1.54, 1.807) is 12.0 Å². The Morgan fingerprint density at radius 2 is 2.10 bits per heavy atom. The summed E-state index contributed by atoms with van der Waals surface area (Å²) < 4.78 is 10.9. The molecule has 5 heteroatoms. The zero-order valence-electron chi connectivity index (χ0n) is 12.5. The molecule has 0 fully saturated rings. The van der Waals surface area contributed by atoms with Crippen LogP contribution in [0.3, 0.4) is 0 Å². The molecule has 0 heterocycles. The molecule has 112 valence electrons. The van der Waals surface area contributed by atoms with Gasteiger partial charge in [-0.3, -0.25) is 4.79 Å². The van der Waals surface area contributed by atoms with E-state index in [0.29, 0.717) is 18.9 Å². The number of hydrogen-bond donors (Lipinski definition) is 0. The lowest BCUT2D eigenvalue weighted by Crippen LogP contribution is -2.36. The van der Waals surface area contributed by atoms with E-state index >= 15 is 0 Å². The molecule has 1 aromatic rings. The van der Waals surface area contributed by atoms with Crippen LogP contribution < -0.4 is 9.64 Å². The van der Waals surface area contributed by atoms with Crippen LogP contribution in [0.15, 0.2) is 18.2 Å². The third-order valence-electron chi connectivity index (χ3n) is 2.87. The third-order valence-corrected chi connectivity index (χ3v) is 3.10. The largest absolute Gasteiger partial charge is 0.495 e. The molecule has 0 atom stereocenters. The van der Waals surface area contributed by atoms with Gasteiger partial charge in [0.25, 0.3) is 0 Å². The minimum Gasteiger partial charge on any atom is -0.495 e. The highest BCUT2D eigenvalue weighted by atomic mass is 35.5. The van der Waals surface area contributed by atoms with Gasteiger partial charge in [-0.15, -0.1) is 11.6 Å². The molecule has 0 radical (unpaired) electrons. The maximum absolute atomic E-state index is 12.1. The standard InChI is InChI=1S/C15H22ClNO3/c1-11(2)20-9-8-17(14(18)10-16)15-12(3)6-5-7-13(15)19-4/h5-7,11H,8-10H2,1-4H3. The smallest absolute Gasteiger partial charge is 0.242 e. The molecule has 0 saturated carbocycles. The minimum absolute atomic E-state index is 0.0703. The number of nitrogens with zero attached hydrogens (tertiary/aromatic N) is 1. The van der Waals surface area contributed by atoms with Gasteiger partial charge in [0.05, 0.1) is 25.5 Å². The van der Waals surface area contributed by atoms with E-state index in [2.05, 4.69) is 0 Å². The second-order valence-electron chi connectivity index (χ2n) is 4.72. The van der Waals surface area contributed by atoms with Gasteiger partial charge in [-0.25, -0.2) is 0 Å². The quantitative estimate of drug-likeness (QED) is 0.727. The van der Waals surface area contributed by atoms with Gasteiger partial charge in [-0.1, -0.05) is 12.1 Å². The van der Waals surface area contributed by atoms with E-state index in [0.717, 1.165) is 11.3 Å². The van der Waals surface area contributed by atoms with Gasteiger partial charge in [-0.05, 0) is 32.4 Å². The number of hydrogen-bond acceptors (Lipinski definition) is 3. The van der Waals surface area contributed by atoms with Gasteiger partial charge in [-0.2, -0.15) is 0 Å². The zero-order valence-corrected chi connectivity index (χ0v) is 13.2. The van der Waals surface area contributed by atoms with Crippen LogP contribution in [0, 0.1) is 6.92 Å². The normalized spacial score (nSPS) is 10.7. The molecular weight excluding hydrogens is 278 g/mol. The SMILES string of the molecule is COc1cccc(C)c1N(CCOC(C)C)C(=O)CCl. The molecule has 0 aliphatic heterocycles. The maximum atomic E-state index is 12.1. The fourth-order valence-electron chi connectivity index (χ4n) is 1.96. The summed E-state index contributed by atoms with van der Waals surface area (Å²) in [5.41, 5.74) is 1.72. The molecule has 1 amide bonds. The Balaban J connectivity index is 3.01. The molecule has 0 saturated heterocycles. The number of amides is 1. The van der Waals surface area contributed by atoms with Crippen LogP contribution >= 0.6 is 11.6 Å². The summed E-state index contributed by atoms with van der Waals surface area (Å²) in [6, 6.07) is 5.67. The number of para-hydroxylation sites is 1. The van der Waals surface area contributed by atoms with Gasteiger partial charge < -0.3 is 14.4 Å². The number of rotatable bonds is 7. The highest BCUT2D eigenvalue weighted by Gasteiger charge is 2.20. The number of alkyl halides is 1. The molecule has 4 nitrogen and oxygen atoms in total. The number of halogens is 1. The van der Waals surface area contributed by atoms with Crippen molar-refractivity contribution in [3.8, 4) is 5.75 Å². The molecule has 1 aromatic carbocycles. The molecular formula is C15H22ClNO3. The van der Waals surface area contributed by atoms with Crippen molar-refractivity contribution in [2.24, 2.45) is 0 Å². The Kier molecular flexibility index (Phi) is 6.82. The fourth-order valence-corrected chi connectivity index (χ4v) is 2.10. The van der Waals surface area contributed by atoms with Crippen LogP contribution in [0.4, 0.5) is 5.69 Å². The molecule has 0 aliphatic carbocycles. The van der Waals surface area contributed by atoms with Crippen LogP contribution in [-0.2, 0) is 9.53 Å². The lowest BCUT2D eigenvalue weighted by atomic mass is 10.1. The number of aryl methyl sites for hydroxylation is 1. The van der Waals surface area contributed by atoms with Crippen LogP contribution in [-0.4, -0.2) is 38.2 Å². The van der Waals surface area contributed by atoms with E-state index in [1.165, 1.54) is 0 Å². The van der Waals surface area contributed by atoms with Crippen molar-refractivity contribution in [1.29, 1.82) is 0 Å². The second-order valence-corrected chi connectivity index (χ2v) is 4.99. The van der Waals surface area contributed by atoms with E-state index in [-0.39, 0.29) is 17.9 Å². The average molecular weight is 300 g/mol. The van der Waals surface area contributed by atoms with Crippen molar-refractivity contribution in [2.75, 3.05) is 31.0 Å². The molecule has 20 heavy (non-hydrogen) atoms. The lowest BCUT2D eigenvalue weighted by Gasteiger charge is -2.26. The van der Waals surface area contributed by atoms with Gasteiger partial charge in [0.2, 0.25) is 5.91 Å². The highest BCUT2D eigenvalue weighted by molar-refractivity contribution is 6.29. The van der Waals surface area contributed by atoms with E-state index < -0.39 is 0 Å². The van der Waals surface area contributed by atoms with Crippen molar-refractivity contribution < 1.29 is 14.3 Å². The fraction of sp³-hybridized carbons (Fsp3) is 0.533. The molecule has 0 unspecified atom stereocenters. The van der Waals surface area contributed by atoms with Crippen molar-refractivity contribution >= 4 is 23.2 Å². The number of benzene rings is 1. The van der Waals surface area contributed by atoms with Crippen LogP contribution in [0.1, 0.15) is 19.4 Å². The highest BCUT2D eigenvalue weighted by Crippen LogP contribution is 2.31. The zero-order chi connectivity index (χ0) is 15.1. The minimum atomic E-state index is -0.161. The molecule has 0 aromatic heterocycles. The first-order chi connectivity index (χ1) is 9.51. The van der Waals surface area contributed by atoms with E-state index in [9.17, 15) is 4.79 Å². The van der Waals surface area contributed by atoms with Crippen molar-refractivity contribution in [2.45, 2.75) is 26.9 Å². The molecule has 0 spiro atoms. The summed E-state index contributed by atoms with van der Waals surface area (Å²) in [5, 5.41) is 0. The van der Waals surface area contributed by atoms with Crippen molar-refractivity contribution in [3.63, 3.8) is 0 Å². The van der Waals surface area contributed by atoms with Crippen LogP contribution in [0.25, 0.3) is 0 Å². The number of methoxy groups -OCH3 is 1. The molecule has 0 N–H and O–H groups in total. The Labute approximate surface area is 125 Å². The van der Waals surface area contributed by atoms with Crippen LogP contribution in [0.2, 0.25) is 0 Å². The molecule has 0 aliphatic rings. The number of carbonyl (C=O) groups is 1. The van der Waals surface area contributed by atoms with Crippen molar-refractivity contribution in [3.05, 3.63) is 23.8 Å². The lowest BCUT2D eigenvalue weighted by molar-refractivity contribution is -0.116. The van der Waals surface area contributed by atoms with Crippen molar-refractivity contribution in [1.82, 2.24) is 0 Å². The monoisotopic (exact) mass is 299 g/mol. The third kappa shape index (κ3) is 4.39. The molecule has 0 bridgehead atoms. The van der Waals surface area contributed by atoms with Gasteiger partial charge >= 0.3 is 0 Å². The predicted molar refractivity (Wildman–Crippen MR) is 81.9 cm³/mol. The molecule has 1 rings (SSSR count). The second kappa shape index (κ2) is 8.12. The number of ether oxygens (including phenoxy) is 2. The van der Waals surface area contributed by atoms with Crippen LogP contribution in [0.5, 0.6) is 5.75 Å². The van der Waals surface area contributed by atoms with Gasteiger partial charge in [0.1, 0.15) is 11.6 Å². The van der Waals surface area contributed by atoms with E-state index in [1.807, 2.05) is 39.0 Å². The summed E-state index contributed by atoms with van der Waals surface area (Å²) in [6.45, 7) is 6.77. The Morgan fingerprint density at radius 3 is 2.65 bits per heavy atom. The first-order valence-corrected chi connectivity index (χ1v) is 7.16. The number of carbonyl (C=O) groups excluding carboxylic acids is 1. The maximum Gasteiger partial charge on any atom is 0.242 e. The first-order valence-electron chi connectivity index (χ1n) is 6.62. The first kappa shape index (κ1) is 16.8. The Morgan fingerprint density at radius 1 is 1.40 bits per heavy atom. The number of anilines is 1. The summed E-state index contributed by atoms with van der Waals surface area (Å²) in [4.78, 5) is 13.7. The summed E-state index contributed by atoms with van der Waals surface area (Å²) in [7, 11) is 1.59. The average Bonchev–Trinajstić information content (AvgIpc) is 2.43. The summed E-state index contributed by atoms with van der Waals surface area (Å²) >= 11 is 5.71. The Hall–Kier alpha value is -1.26. The topological polar surface area (TPSA) is 38.8 Å². The summed E-state index contributed by atoms with van der Waals surface area (Å²) in [5.74, 6) is 0.429. The van der Waals surface area contributed by atoms with E-state index in [4.69, 9.17) is 21.1 Å². The summed E-state index contributed by atoms with van der Waals surface area (Å²) in [6.07, 6.45) is 0.127. The van der Waals surface area contributed by atoms with Gasteiger partial charge in [0.15, 0.2) is 0 Å². The Bertz CT molecular complexity index is 449. The van der Waals surface area contributed by atoms with Gasteiger partial charge in [0, 0.05) is 6.54 Å².